The molecule has 18 N–H and O–H groups in total. The van der Waals surface area contributed by atoms with E-state index in [9.17, 15) is 68.7 Å². The quantitative estimate of drug-likeness (QED) is 0.0150. The average Bonchev–Trinajstić information content (AvgIpc) is 4.15. The van der Waals surface area contributed by atoms with Gasteiger partial charge >= 0.3 is 11.9 Å². The zero-order valence-electron chi connectivity index (χ0n) is 45.2. The number of phenols is 2. The number of hydrogen-bond acceptors (Lipinski definition) is 14. The number of rotatable bonds is 30. The highest BCUT2D eigenvalue weighted by molar-refractivity contribution is 5.98. The van der Waals surface area contributed by atoms with E-state index in [4.69, 9.17) is 17.2 Å². The van der Waals surface area contributed by atoms with E-state index in [2.05, 4.69) is 41.9 Å². The number of guanidine groups is 1. The fraction of sp³-hybridized carbons (Fsp3) is 0.368. The molecule has 5 aromatic rings. The molecule has 0 bridgehead atoms. The minimum absolute atomic E-state index is 0.0323. The number of H-pyrrole nitrogens is 1. The summed E-state index contributed by atoms with van der Waals surface area (Å²) in [6.07, 6.45) is 0.194. The Kier molecular flexibility index (Phi) is 22.9. The minimum atomic E-state index is -1.62. The highest BCUT2D eigenvalue weighted by atomic mass is 16.4. The number of aliphatic hydroxyl groups excluding tert-OH is 1. The van der Waals surface area contributed by atoms with Crippen molar-refractivity contribution in [2.24, 2.45) is 22.2 Å². The first-order valence-corrected chi connectivity index (χ1v) is 26.8. The zero-order valence-corrected chi connectivity index (χ0v) is 45.2. The Morgan fingerprint density at radius 2 is 1.11 bits per heavy atom. The van der Waals surface area contributed by atoms with Gasteiger partial charge in [-0.25, -0.2) is 4.79 Å². The number of fused-ring (bicyclic) bond motifs is 1. The molecule has 1 aromatic heterocycles. The predicted octanol–water partition coefficient (Wildman–Crippen LogP) is -0.928. The van der Waals surface area contributed by atoms with E-state index in [0.29, 0.717) is 33.2 Å². The normalized spacial score (nSPS) is 15.4. The Labute approximate surface area is 476 Å². The van der Waals surface area contributed by atoms with Crippen molar-refractivity contribution in [3.05, 3.63) is 132 Å². The molecule has 26 nitrogen and oxygen atoms in total. The third kappa shape index (κ3) is 18.8. The average molecular weight is 1150 g/mol. The van der Waals surface area contributed by atoms with Gasteiger partial charge in [-0.3, -0.25) is 43.3 Å². The minimum Gasteiger partial charge on any atom is -0.508 e. The molecule has 442 valence electrons. The van der Waals surface area contributed by atoms with Crippen molar-refractivity contribution in [2.75, 3.05) is 19.7 Å². The van der Waals surface area contributed by atoms with Crippen LogP contribution in [0, 0.1) is 0 Å². The number of carbonyl (C=O) groups is 9. The van der Waals surface area contributed by atoms with Gasteiger partial charge in [-0.1, -0.05) is 72.8 Å². The SMILES string of the molecule is NC(N)=NCCC[C@H](NC(=O)[C@@H](N)CO)C(=O)N[C@@H](Cc1ccc(O)cc1)C(=O)N[C@@H](Cc1c[nH]c2ccccc12)C(=O)N[C@@H](CCC(=O)O)C(=O)N1CCC[C@H]1C(=O)N[C@@H](Cc1ccccc1)C(=O)N[C@@H](Cc1ccc(O)cc1)C(=O)O. The molecule has 6 rings (SSSR count). The van der Waals surface area contributed by atoms with Crippen molar-refractivity contribution in [2.45, 2.75) is 113 Å². The summed E-state index contributed by atoms with van der Waals surface area (Å²) < 4.78 is 0. The van der Waals surface area contributed by atoms with Gasteiger partial charge in [0.15, 0.2) is 5.96 Å². The maximum absolute atomic E-state index is 14.9. The fourth-order valence-electron chi connectivity index (χ4n) is 9.45. The third-order valence-corrected chi connectivity index (χ3v) is 13.9. The second-order valence-corrected chi connectivity index (χ2v) is 20.1. The van der Waals surface area contributed by atoms with E-state index >= 15 is 0 Å². The number of aliphatic hydroxyl groups is 1. The molecule has 4 aromatic carbocycles. The Bertz CT molecular complexity index is 3100. The standard InChI is InChI=1S/C57H70N12O14/c58-39(31-70)49(75)63-41(12-6-24-61-57(59)60)50(76)65-43(27-33-14-18-36(71)19-15-33)51(77)66-45(29-35-30-62-40-11-5-4-10-38(35)40)53(79)64-42(22-23-48(73)74)55(81)69-25-7-13-47(69)54(80)67-44(26-32-8-2-1-3-9-32)52(78)68-46(56(82)83)28-34-16-20-37(72)21-17-34/h1-5,8-11,14-21,30,39,41-47,62,70-72H,6-7,12-13,22-29,31,58H2,(H,63,75)(H,64,79)(H,65,76)(H,66,77)(H,67,80)(H,68,78)(H,73,74)(H,82,83)(H4,59,60,61)/t39-,41-,42-,43-,44-,45-,46-,47-/m0/s1. The molecule has 0 aliphatic carbocycles. The van der Waals surface area contributed by atoms with Gasteiger partial charge in [0.2, 0.25) is 41.4 Å². The molecule has 0 saturated carbocycles. The maximum atomic E-state index is 14.9. The molecule has 2 heterocycles. The number of carboxylic acids is 2. The number of nitrogens with two attached hydrogens (primary N) is 3. The number of aromatic hydroxyl groups is 2. The molecule has 0 spiro atoms. The van der Waals surface area contributed by atoms with E-state index in [-0.39, 0.29) is 81.9 Å². The molecule has 7 amide bonds. The summed E-state index contributed by atoms with van der Waals surface area (Å²) in [5, 5.41) is 65.7. The number of nitrogens with one attached hydrogen (secondary N) is 7. The van der Waals surface area contributed by atoms with Gasteiger partial charge in [0, 0.05) is 62.3 Å². The molecular formula is C57H70N12O14. The summed E-state index contributed by atoms with van der Waals surface area (Å²) in [5.74, 6) is -9.23. The van der Waals surface area contributed by atoms with Crippen LogP contribution in [0.5, 0.6) is 11.5 Å². The van der Waals surface area contributed by atoms with Gasteiger partial charge in [0.05, 0.1) is 6.61 Å². The van der Waals surface area contributed by atoms with Crippen LogP contribution < -0.4 is 49.1 Å². The van der Waals surface area contributed by atoms with Gasteiger partial charge in [-0.15, -0.1) is 0 Å². The van der Waals surface area contributed by atoms with Gasteiger partial charge in [0.25, 0.3) is 0 Å². The lowest BCUT2D eigenvalue weighted by Crippen LogP contribution is -2.60. The summed E-state index contributed by atoms with van der Waals surface area (Å²) in [6.45, 7) is -0.738. The highest BCUT2D eigenvalue weighted by Crippen LogP contribution is 2.23. The van der Waals surface area contributed by atoms with Crippen LogP contribution in [0.2, 0.25) is 0 Å². The van der Waals surface area contributed by atoms with Crippen LogP contribution >= 0.6 is 0 Å². The van der Waals surface area contributed by atoms with Gasteiger partial charge in [-0.05, 0) is 84.7 Å². The van der Waals surface area contributed by atoms with Crippen LogP contribution in [0.25, 0.3) is 10.9 Å². The number of phenolic OH excluding ortho intramolecular Hbond substituents is 2. The maximum Gasteiger partial charge on any atom is 0.326 e. The number of aromatic amines is 1. The summed E-state index contributed by atoms with van der Waals surface area (Å²) in [6, 6.07) is 15.5. The predicted molar refractivity (Wildman–Crippen MR) is 302 cm³/mol. The monoisotopic (exact) mass is 1150 g/mol. The van der Waals surface area contributed by atoms with Crippen LogP contribution in [0.4, 0.5) is 0 Å². The van der Waals surface area contributed by atoms with Crippen molar-refractivity contribution in [3.63, 3.8) is 0 Å². The van der Waals surface area contributed by atoms with Gasteiger partial charge in [0.1, 0.15) is 59.8 Å². The van der Waals surface area contributed by atoms with Crippen molar-refractivity contribution >= 4 is 70.2 Å². The summed E-state index contributed by atoms with van der Waals surface area (Å²) in [7, 11) is 0. The molecule has 0 unspecified atom stereocenters. The molecule has 0 radical (unpaired) electrons. The van der Waals surface area contributed by atoms with Gasteiger partial charge in [-0.2, -0.15) is 0 Å². The van der Waals surface area contributed by atoms with Crippen molar-refractivity contribution < 1.29 is 68.7 Å². The Morgan fingerprint density at radius 1 is 0.602 bits per heavy atom. The third-order valence-electron chi connectivity index (χ3n) is 13.9. The highest BCUT2D eigenvalue weighted by Gasteiger charge is 2.41. The second-order valence-electron chi connectivity index (χ2n) is 20.1. The van der Waals surface area contributed by atoms with Crippen LogP contribution in [0.1, 0.15) is 60.8 Å². The molecule has 8 atom stereocenters. The molecule has 1 saturated heterocycles. The summed E-state index contributed by atoms with van der Waals surface area (Å²) in [4.78, 5) is 133. The van der Waals surface area contributed by atoms with Crippen molar-refractivity contribution in [1.82, 2.24) is 41.8 Å². The fourth-order valence-corrected chi connectivity index (χ4v) is 9.45. The van der Waals surface area contributed by atoms with E-state index < -0.39 is 121 Å². The van der Waals surface area contributed by atoms with E-state index in [1.54, 1.807) is 60.8 Å². The van der Waals surface area contributed by atoms with Crippen LogP contribution in [-0.2, 0) is 68.8 Å². The second kappa shape index (κ2) is 30.3. The largest absolute Gasteiger partial charge is 0.508 e. The molecule has 1 fully saturated rings. The van der Waals surface area contributed by atoms with E-state index in [1.807, 2.05) is 0 Å². The first-order chi connectivity index (χ1) is 39.7. The number of likely N-dealkylation sites (tertiary alicyclic amines) is 1. The number of hydrogen-bond donors (Lipinski definition) is 15. The Hall–Kier alpha value is -9.56. The molecule has 26 heteroatoms. The number of aliphatic carboxylic acids is 2. The number of aromatic nitrogens is 1. The van der Waals surface area contributed by atoms with Crippen molar-refractivity contribution in [1.29, 1.82) is 0 Å². The van der Waals surface area contributed by atoms with E-state index in [1.165, 1.54) is 53.4 Å². The Morgan fingerprint density at radius 3 is 1.69 bits per heavy atom. The number of carbonyl (C=O) groups excluding carboxylic acids is 7. The van der Waals surface area contributed by atoms with Gasteiger partial charge < -0.3 is 84.5 Å². The number of aliphatic imine (C=N–C) groups is 1. The lowest BCUT2D eigenvalue weighted by molar-refractivity contribution is -0.144. The number of benzene rings is 4. The summed E-state index contributed by atoms with van der Waals surface area (Å²) >= 11 is 0. The summed E-state index contributed by atoms with van der Waals surface area (Å²) in [5.41, 5.74) is 19.4. The molecule has 83 heavy (non-hydrogen) atoms. The van der Waals surface area contributed by atoms with Crippen LogP contribution in [0.3, 0.4) is 0 Å². The first-order valence-electron chi connectivity index (χ1n) is 26.8. The van der Waals surface area contributed by atoms with Crippen molar-refractivity contribution in [3.8, 4) is 11.5 Å². The smallest absolute Gasteiger partial charge is 0.326 e. The number of nitrogens with zero attached hydrogens (tertiary/aromatic N) is 2. The molecule has 1 aliphatic rings. The zero-order chi connectivity index (χ0) is 60.2. The Balaban J connectivity index is 1.27. The van der Waals surface area contributed by atoms with Crippen LogP contribution in [0.15, 0.2) is 114 Å². The molecule has 1 aliphatic heterocycles. The number of amides is 7. The lowest BCUT2D eigenvalue weighted by atomic mass is 10.0. The number of para-hydroxylation sites is 1. The van der Waals surface area contributed by atoms with Crippen LogP contribution in [-0.4, -0.2) is 163 Å². The number of carboxylic acid groups (broad SMARTS) is 2. The van der Waals surface area contributed by atoms with E-state index in [0.717, 1.165) is 0 Å². The topological polar surface area (TPSA) is 436 Å². The first kappa shape index (κ1) is 62.6. The lowest BCUT2D eigenvalue weighted by Gasteiger charge is -2.31. The molecular weight excluding hydrogens is 1080 g/mol.